The minimum Gasteiger partial charge on any atom is -0.494 e. The van der Waals surface area contributed by atoms with Crippen molar-refractivity contribution in [2.75, 3.05) is 13.2 Å². The Bertz CT molecular complexity index is 1050. The first kappa shape index (κ1) is 21.9. The van der Waals surface area contributed by atoms with E-state index in [1.807, 2.05) is 38.1 Å². The van der Waals surface area contributed by atoms with Crippen molar-refractivity contribution in [1.29, 1.82) is 0 Å². The summed E-state index contributed by atoms with van der Waals surface area (Å²) in [5.74, 6) is 1.59. The van der Waals surface area contributed by atoms with Gasteiger partial charge in [-0.05, 0) is 67.3 Å². The minimum absolute atomic E-state index is 0.150. The fourth-order valence-corrected chi connectivity index (χ4v) is 3.68. The topological polar surface area (TPSA) is 96.2 Å². The van der Waals surface area contributed by atoms with Crippen LogP contribution in [0, 0.1) is 12.8 Å². The van der Waals surface area contributed by atoms with Crippen molar-refractivity contribution in [3.63, 3.8) is 0 Å². The summed E-state index contributed by atoms with van der Waals surface area (Å²) in [6.07, 6.45) is 1.42. The molecule has 1 aromatic heterocycles. The molecule has 3 aromatic rings. The predicted octanol–water partition coefficient (Wildman–Crippen LogP) is 3.39. The molecule has 1 heterocycles. The number of benzene rings is 2. The molecule has 2 aromatic carbocycles. The lowest BCUT2D eigenvalue weighted by Crippen LogP contribution is -2.11. The molecule has 0 N–H and O–H groups in total. The molecular formula is C21H26N4O4S. The monoisotopic (exact) mass is 430 g/mol. The Morgan fingerprint density at radius 3 is 2.30 bits per heavy atom. The maximum Gasteiger partial charge on any atom is 0.296 e. The molecule has 0 saturated carbocycles. The Labute approximate surface area is 177 Å². The highest BCUT2D eigenvalue weighted by atomic mass is 32.2. The SMILES string of the molecule is Cc1ccc(S(=O)(=O)OCCC(C)CCOc2ccc(-c3nnn(C)n3)cc2)cc1. The van der Waals surface area contributed by atoms with E-state index in [0.717, 1.165) is 23.3 Å². The van der Waals surface area contributed by atoms with Gasteiger partial charge < -0.3 is 4.74 Å². The number of aromatic nitrogens is 4. The Kier molecular flexibility index (Phi) is 7.17. The first-order valence-electron chi connectivity index (χ1n) is 9.77. The smallest absolute Gasteiger partial charge is 0.296 e. The molecule has 9 heteroatoms. The molecule has 0 amide bonds. The van der Waals surface area contributed by atoms with Crippen LogP contribution in [-0.2, 0) is 21.3 Å². The van der Waals surface area contributed by atoms with Crippen molar-refractivity contribution >= 4 is 10.1 Å². The van der Waals surface area contributed by atoms with Gasteiger partial charge in [0.2, 0.25) is 5.82 Å². The highest BCUT2D eigenvalue weighted by molar-refractivity contribution is 7.86. The number of nitrogens with zero attached hydrogens (tertiary/aromatic N) is 4. The zero-order valence-corrected chi connectivity index (χ0v) is 18.2. The first-order chi connectivity index (χ1) is 14.3. The van der Waals surface area contributed by atoms with Gasteiger partial charge in [0.25, 0.3) is 10.1 Å². The van der Waals surface area contributed by atoms with Gasteiger partial charge in [0, 0.05) is 5.56 Å². The maximum atomic E-state index is 12.2. The van der Waals surface area contributed by atoms with Crippen LogP contribution in [0.2, 0.25) is 0 Å². The molecule has 160 valence electrons. The van der Waals surface area contributed by atoms with E-state index in [-0.39, 0.29) is 17.4 Å². The first-order valence-corrected chi connectivity index (χ1v) is 11.2. The molecule has 8 nitrogen and oxygen atoms in total. The quantitative estimate of drug-likeness (QED) is 0.455. The fraction of sp³-hybridized carbons (Fsp3) is 0.381. The Morgan fingerprint density at radius 1 is 1.00 bits per heavy atom. The van der Waals surface area contributed by atoms with E-state index >= 15 is 0 Å². The number of tetrazole rings is 1. The third-order valence-electron chi connectivity index (χ3n) is 4.66. The second-order valence-corrected chi connectivity index (χ2v) is 8.86. The molecule has 0 radical (unpaired) electrons. The van der Waals surface area contributed by atoms with Crippen LogP contribution in [0.3, 0.4) is 0 Å². The van der Waals surface area contributed by atoms with E-state index in [0.29, 0.717) is 18.9 Å². The summed E-state index contributed by atoms with van der Waals surface area (Å²) in [5, 5.41) is 12.0. The van der Waals surface area contributed by atoms with Crippen LogP contribution < -0.4 is 4.74 Å². The summed E-state index contributed by atoms with van der Waals surface area (Å²) in [6, 6.07) is 14.2. The van der Waals surface area contributed by atoms with Crippen molar-refractivity contribution in [3.8, 4) is 17.1 Å². The van der Waals surface area contributed by atoms with Crippen LogP contribution in [0.4, 0.5) is 0 Å². The van der Waals surface area contributed by atoms with Crippen LogP contribution in [0.1, 0.15) is 25.3 Å². The maximum absolute atomic E-state index is 12.2. The van der Waals surface area contributed by atoms with Crippen LogP contribution in [0.5, 0.6) is 5.75 Å². The molecule has 1 atom stereocenters. The van der Waals surface area contributed by atoms with Crippen LogP contribution in [0.25, 0.3) is 11.4 Å². The lowest BCUT2D eigenvalue weighted by Gasteiger charge is -2.13. The van der Waals surface area contributed by atoms with Gasteiger partial charge in [-0.2, -0.15) is 13.2 Å². The third kappa shape index (κ3) is 6.11. The number of ether oxygens (including phenoxy) is 1. The molecule has 0 bridgehead atoms. The van der Waals surface area contributed by atoms with Gasteiger partial charge in [-0.3, -0.25) is 4.18 Å². The summed E-state index contributed by atoms with van der Waals surface area (Å²) < 4.78 is 35.3. The fourth-order valence-electron chi connectivity index (χ4n) is 2.75. The van der Waals surface area contributed by atoms with E-state index in [1.54, 1.807) is 31.3 Å². The van der Waals surface area contributed by atoms with Crippen LogP contribution in [0.15, 0.2) is 53.4 Å². The molecule has 0 aliphatic carbocycles. The van der Waals surface area contributed by atoms with Crippen molar-refractivity contribution < 1.29 is 17.3 Å². The normalized spacial score (nSPS) is 12.6. The van der Waals surface area contributed by atoms with Gasteiger partial charge in [0.1, 0.15) is 5.75 Å². The summed E-state index contributed by atoms with van der Waals surface area (Å²) in [6.45, 7) is 4.64. The highest BCUT2D eigenvalue weighted by Crippen LogP contribution is 2.20. The molecule has 0 saturated heterocycles. The van der Waals surface area contributed by atoms with E-state index < -0.39 is 10.1 Å². The van der Waals surface area contributed by atoms with Gasteiger partial charge in [-0.15, -0.1) is 10.2 Å². The molecule has 3 rings (SSSR count). The predicted molar refractivity (Wildman–Crippen MR) is 112 cm³/mol. The van der Waals surface area contributed by atoms with Crippen LogP contribution >= 0.6 is 0 Å². The van der Waals surface area contributed by atoms with Crippen LogP contribution in [-0.4, -0.2) is 41.8 Å². The highest BCUT2D eigenvalue weighted by Gasteiger charge is 2.15. The summed E-state index contributed by atoms with van der Waals surface area (Å²) in [4.78, 5) is 1.60. The Hall–Kier alpha value is -2.78. The molecule has 30 heavy (non-hydrogen) atoms. The summed E-state index contributed by atoms with van der Waals surface area (Å²) in [5.41, 5.74) is 1.87. The molecular weight excluding hydrogens is 404 g/mol. The Balaban J connectivity index is 1.38. The molecule has 0 aliphatic heterocycles. The van der Waals surface area contributed by atoms with Crippen molar-refractivity contribution in [2.24, 2.45) is 13.0 Å². The van der Waals surface area contributed by atoms with Crippen molar-refractivity contribution in [1.82, 2.24) is 20.2 Å². The average molecular weight is 431 g/mol. The van der Waals surface area contributed by atoms with Gasteiger partial charge in [-0.25, -0.2) is 0 Å². The number of rotatable bonds is 10. The minimum atomic E-state index is -3.71. The largest absolute Gasteiger partial charge is 0.494 e. The molecule has 0 spiro atoms. The van der Waals surface area contributed by atoms with Crippen molar-refractivity contribution in [2.45, 2.75) is 31.6 Å². The summed E-state index contributed by atoms with van der Waals surface area (Å²) >= 11 is 0. The third-order valence-corrected chi connectivity index (χ3v) is 5.99. The lowest BCUT2D eigenvalue weighted by atomic mass is 10.1. The second-order valence-electron chi connectivity index (χ2n) is 7.25. The van der Waals surface area contributed by atoms with Gasteiger partial charge in [0.15, 0.2) is 0 Å². The van der Waals surface area contributed by atoms with Gasteiger partial charge >= 0.3 is 0 Å². The van der Waals surface area contributed by atoms with Crippen molar-refractivity contribution in [3.05, 3.63) is 54.1 Å². The molecule has 0 aliphatic rings. The van der Waals surface area contributed by atoms with E-state index in [4.69, 9.17) is 8.92 Å². The number of aryl methyl sites for hydroxylation is 2. The lowest BCUT2D eigenvalue weighted by molar-refractivity contribution is 0.247. The second kappa shape index (κ2) is 9.82. The standard InChI is InChI=1S/C21H26N4O4S/c1-16-4-10-20(11-5-16)30(26,27)29-15-13-17(2)12-14-28-19-8-6-18(7-9-19)21-22-24-25(3)23-21/h4-11,17H,12-15H2,1-3H3. The number of hydrogen-bond acceptors (Lipinski definition) is 7. The molecule has 0 fully saturated rings. The number of hydrogen-bond donors (Lipinski definition) is 0. The van der Waals surface area contributed by atoms with Gasteiger partial charge in [-0.1, -0.05) is 24.6 Å². The Morgan fingerprint density at radius 2 is 1.67 bits per heavy atom. The van der Waals surface area contributed by atoms with E-state index in [1.165, 1.54) is 4.80 Å². The van der Waals surface area contributed by atoms with E-state index in [9.17, 15) is 8.42 Å². The zero-order chi connectivity index (χ0) is 21.6. The van der Waals surface area contributed by atoms with Gasteiger partial charge in [0.05, 0.1) is 25.2 Å². The summed E-state index contributed by atoms with van der Waals surface area (Å²) in [7, 11) is -1.99. The van der Waals surface area contributed by atoms with E-state index in [2.05, 4.69) is 15.4 Å². The average Bonchev–Trinajstić information content (AvgIpc) is 3.15. The molecule has 1 unspecified atom stereocenters. The zero-order valence-electron chi connectivity index (χ0n) is 17.4.